The number of cyclic esters (lactones) is 2. The van der Waals surface area contributed by atoms with Crippen molar-refractivity contribution in [2.24, 2.45) is 5.41 Å². The van der Waals surface area contributed by atoms with E-state index in [0.29, 0.717) is 6.42 Å². The number of hydrogen-bond acceptors (Lipinski definition) is 4. The predicted octanol–water partition coefficient (Wildman–Crippen LogP) is 0.954. The summed E-state index contributed by atoms with van der Waals surface area (Å²) < 4.78 is 10.5. The predicted molar refractivity (Wildman–Crippen MR) is 49.8 cm³/mol. The molecule has 3 unspecified atom stereocenters. The smallest absolute Gasteiger partial charge is 0.323 e. The van der Waals surface area contributed by atoms with Crippen LogP contribution in [0.5, 0.6) is 0 Å². The van der Waals surface area contributed by atoms with Crippen molar-refractivity contribution in [3.8, 4) is 0 Å². The molecule has 3 atom stereocenters. The number of ether oxygens (including phenoxy) is 2. The molecule has 0 aromatic carbocycles. The van der Waals surface area contributed by atoms with E-state index in [0.717, 1.165) is 0 Å². The van der Waals surface area contributed by atoms with Crippen LogP contribution in [0.4, 0.5) is 0 Å². The van der Waals surface area contributed by atoms with Crippen LogP contribution in [0, 0.1) is 5.41 Å². The number of esters is 2. The van der Waals surface area contributed by atoms with E-state index < -0.39 is 28.6 Å². The van der Waals surface area contributed by atoms with E-state index in [2.05, 4.69) is 4.74 Å². The third-order valence-electron chi connectivity index (χ3n) is 3.85. The Morgan fingerprint density at radius 2 is 2.00 bits per heavy atom. The fraction of sp³-hybridized carbons (Fsp3) is 0.636. The maximum Gasteiger partial charge on any atom is 0.323 e. The van der Waals surface area contributed by atoms with Gasteiger partial charge in [0.15, 0.2) is 0 Å². The quantitative estimate of drug-likeness (QED) is 0.338. The molecule has 2 saturated heterocycles. The molecule has 3 aliphatic rings. The molecule has 0 N–H and O–H groups in total. The van der Waals surface area contributed by atoms with E-state index in [-0.39, 0.29) is 6.42 Å². The van der Waals surface area contributed by atoms with Gasteiger partial charge in [-0.2, -0.15) is 0 Å². The first-order valence-corrected chi connectivity index (χ1v) is 5.05. The van der Waals surface area contributed by atoms with Crippen molar-refractivity contribution in [2.45, 2.75) is 37.9 Å². The topological polar surface area (TPSA) is 52.6 Å². The van der Waals surface area contributed by atoms with Gasteiger partial charge in [0.05, 0.1) is 12.0 Å². The third kappa shape index (κ3) is 0.862. The van der Waals surface area contributed by atoms with Gasteiger partial charge in [0, 0.05) is 0 Å². The molecule has 3 aliphatic heterocycles. The second-order valence-corrected chi connectivity index (χ2v) is 5.05. The molecule has 15 heavy (non-hydrogen) atoms. The van der Waals surface area contributed by atoms with Crippen molar-refractivity contribution in [1.29, 1.82) is 0 Å². The highest BCUT2D eigenvalue weighted by atomic mass is 16.6. The zero-order valence-electron chi connectivity index (χ0n) is 8.70. The second kappa shape index (κ2) is 2.16. The Bertz CT molecular complexity index is 413. The van der Waals surface area contributed by atoms with E-state index in [1.54, 1.807) is 0 Å². The Labute approximate surface area is 87.2 Å². The molecular formula is C11H12O4. The van der Waals surface area contributed by atoms with Gasteiger partial charge >= 0.3 is 11.9 Å². The molecule has 4 nitrogen and oxygen atoms in total. The monoisotopic (exact) mass is 208 g/mol. The third-order valence-corrected chi connectivity index (χ3v) is 3.85. The van der Waals surface area contributed by atoms with Gasteiger partial charge < -0.3 is 9.47 Å². The van der Waals surface area contributed by atoms with Gasteiger partial charge in [-0.15, -0.1) is 0 Å². The van der Waals surface area contributed by atoms with Crippen molar-refractivity contribution < 1.29 is 19.1 Å². The lowest BCUT2D eigenvalue weighted by Gasteiger charge is -2.32. The van der Waals surface area contributed by atoms with Crippen LogP contribution in [0.1, 0.15) is 26.7 Å². The van der Waals surface area contributed by atoms with Crippen LogP contribution in [0.3, 0.4) is 0 Å². The lowest BCUT2D eigenvalue weighted by molar-refractivity contribution is -0.157. The Morgan fingerprint density at radius 3 is 2.40 bits per heavy atom. The molecule has 2 bridgehead atoms. The van der Waals surface area contributed by atoms with Gasteiger partial charge in [-0.3, -0.25) is 9.59 Å². The van der Waals surface area contributed by atoms with Gasteiger partial charge in [-0.25, -0.2) is 0 Å². The van der Waals surface area contributed by atoms with Crippen molar-refractivity contribution in [2.75, 3.05) is 0 Å². The highest BCUT2D eigenvalue weighted by molar-refractivity contribution is 5.99. The van der Waals surface area contributed by atoms with Crippen molar-refractivity contribution in [3.63, 3.8) is 0 Å². The van der Waals surface area contributed by atoms with Crippen LogP contribution in [0.25, 0.3) is 0 Å². The average molecular weight is 208 g/mol. The summed E-state index contributed by atoms with van der Waals surface area (Å²) in [5.74, 6) is -0.863. The summed E-state index contributed by atoms with van der Waals surface area (Å²) in [6.07, 6.45) is 4.53. The van der Waals surface area contributed by atoms with Gasteiger partial charge in [-0.1, -0.05) is 12.2 Å². The van der Waals surface area contributed by atoms with Crippen LogP contribution in [-0.2, 0) is 19.1 Å². The lowest BCUT2D eigenvalue weighted by Crippen LogP contribution is -2.44. The molecule has 4 heteroatoms. The Kier molecular flexibility index (Phi) is 1.31. The highest BCUT2D eigenvalue weighted by Crippen LogP contribution is 2.60. The van der Waals surface area contributed by atoms with E-state index in [1.165, 1.54) is 0 Å². The standard InChI is InChI=1S/C11H12O4/c1-9-3-4-10(2,15-9)11(6-9)5-7(12)14-8(11)13/h3-4H,5-6H2,1-2H3. The molecule has 1 spiro atoms. The van der Waals surface area contributed by atoms with Crippen molar-refractivity contribution in [1.82, 2.24) is 0 Å². The summed E-state index contributed by atoms with van der Waals surface area (Å²) in [7, 11) is 0. The minimum atomic E-state index is -0.784. The Balaban J connectivity index is 2.13. The summed E-state index contributed by atoms with van der Waals surface area (Å²) in [5.41, 5.74) is -1.88. The van der Waals surface area contributed by atoms with E-state index in [9.17, 15) is 9.59 Å². The number of hydrogen-bond donors (Lipinski definition) is 0. The van der Waals surface area contributed by atoms with Gasteiger partial charge in [0.1, 0.15) is 11.0 Å². The fourth-order valence-electron chi connectivity index (χ4n) is 3.08. The minimum absolute atomic E-state index is 0.141. The van der Waals surface area contributed by atoms with Crippen LogP contribution in [0.2, 0.25) is 0 Å². The maximum atomic E-state index is 11.8. The molecule has 0 radical (unpaired) electrons. The zero-order chi connectivity index (χ0) is 10.9. The summed E-state index contributed by atoms with van der Waals surface area (Å²) in [4.78, 5) is 23.0. The van der Waals surface area contributed by atoms with Crippen molar-refractivity contribution in [3.05, 3.63) is 12.2 Å². The number of fused-ring (bicyclic) bond motifs is 3. The molecule has 3 heterocycles. The molecule has 0 aromatic rings. The minimum Gasteiger partial charge on any atom is -0.393 e. The summed E-state index contributed by atoms with van der Waals surface area (Å²) in [6, 6.07) is 0. The highest BCUT2D eigenvalue weighted by Gasteiger charge is 2.70. The zero-order valence-corrected chi connectivity index (χ0v) is 8.70. The van der Waals surface area contributed by atoms with Gasteiger partial charge in [0.2, 0.25) is 0 Å². The van der Waals surface area contributed by atoms with E-state index in [4.69, 9.17) is 4.74 Å². The summed E-state index contributed by atoms with van der Waals surface area (Å²) in [6.45, 7) is 3.78. The Morgan fingerprint density at radius 1 is 1.27 bits per heavy atom. The molecule has 80 valence electrons. The summed E-state index contributed by atoms with van der Waals surface area (Å²) in [5, 5.41) is 0. The van der Waals surface area contributed by atoms with E-state index in [1.807, 2.05) is 26.0 Å². The van der Waals surface area contributed by atoms with Crippen LogP contribution < -0.4 is 0 Å². The van der Waals surface area contributed by atoms with Crippen molar-refractivity contribution >= 4 is 11.9 Å². The normalized spacial score (nSPS) is 51.9. The molecule has 0 amide bonds. The van der Waals surface area contributed by atoms with Crippen LogP contribution in [-0.4, -0.2) is 23.1 Å². The molecule has 0 aromatic heterocycles. The molecular weight excluding hydrogens is 196 g/mol. The average Bonchev–Trinajstić information content (AvgIpc) is 2.61. The van der Waals surface area contributed by atoms with Crippen LogP contribution in [0.15, 0.2) is 12.2 Å². The largest absolute Gasteiger partial charge is 0.393 e. The first kappa shape index (κ1) is 9.09. The Hall–Kier alpha value is -1.16. The molecule has 2 fully saturated rings. The van der Waals surface area contributed by atoms with E-state index >= 15 is 0 Å². The van der Waals surface area contributed by atoms with Gasteiger partial charge in [0.25, 0.3) is 0 Å². The summed E-state index contributed by atoms with van der Waals surface area (Å²) >= 11 is 0. The lowest BCUT2D eigenvalue weighted by atomic mass is 9.66. The fourth-order valence-corrected chi connectivity index (χ4v) is 3.08. The SMILES string of the molecule is CC12C=CC(C)(O1)C1(CC(=O)OC1=O)C2. The number of rotatable bonds is 0. The second-order valence-electron chi connectivity index (χ2n) is 5.05. The molecule has 0 saturated carbocycles. The maximum absolute atomic E-state index is 11.8. The number of carbonyl (C=O) groups is 2. The number of carbonyl (C=O) groups excluding carboxylic acids is 2. The first-order chi connectivity index (χ1) is 6.89. The molecule has 3 rings (SSSR count). The van der Waals surface area contributed by atoms with Crippen LogP contribution >= 0.6 is 0 Å². The first-order valence-electron chi connectivity index (χ1n) is 5.05. The van der Waals surface area contributed by atoms with Gasteiger partial charge in [-0.05, 0) is 20.3 Å². The molecule has 0 aliphatic carbocycles.